The Kier molecular flexibility index (Phi) is 4.03. The van der Waals surface area contributed by atoms with Crippen LogP contribution in [-0.2, 0) is 4.79 Å². The highest BCUT2D eigenvalue weighted by atomic mass is 16.4. The second-order valence-electron chi connectivity index (χ2n) is 2.65. The first-order valence-corrected chi connectivity index (χ1v) is 3.55. The summed E-state index contributed by atoms with van der Waals surface area (Å²) in [4.78, 5) is 10.2. The number of carboxylic acids is 1. The van der Waals surface area contributed by atoms with Crippen molar-refractivity contribution in [3.8, 4) is 0 Å². The van der Waals surface area contributed by atoms with Crippen molar-refractivity contribution >= 4 is 5.97 Å². The summed E-state index contributed by atoms with van der Waals surface area (Å²) in [6.45, 7) is 3.97. The first-order chi connectivity index (χ1) is 4.57. The highest BCUT2D eigenvalue weighted by molar-refractivity contribution is 5.67. The Hall–Kier alpha value is -0.570. The molecule has 0 aromatic rings. The molecule has 60 valence electrons. The molecule has 0 heterocycles. The molecule has 0 saturated heterocycles. The molecule has 0 aliphatic rings. The maximum absolute atomic E-state index is 10.2. The van der Waals surface area contributed by atoms with E-state index in [1.54, 1.807) is 0 Å². The van der Waals surface area contributed by atoms with Crippen LogP contribution in [0.5, 0.6) is 0 Å². The summed E-state index contributed by atoms with van der Waals surface area (Å²) in [5.41, 5.74) is 5.55. The monoisotopic (exact) mass is 145 g/mol. The number of rotatable bonds is 4. The molecule has 0 aromatic carbocycles. The smallest absolute Gasteiger partial charge is 0.304 e. The van der Waals surface area contributed by atoms with Gasteiger partial charge in [-0.05, 0) is 5.92 Å². The molecule has 0 aliphatic heterocycles. The van der Waals surface area contributed by atoms with Gasteiger partial charge >= 0.3 is 5.97 Å². The molecule has 3 N–H and O–H groups in total. The molecule has 0 fully saturated rings. The lowest BCUT2D eigenvalue weighted by Gasteiger charge is -2.15. The minimum atomic E-state index is -0.812. The van der Waals surface area contributed by atoms with Gasteiger partial charge in [-0.2, -0.15) is 0 Å². The molecular formula is C7H15NO2. The summed E-state index contributed by atoms with van der Waals surface area (Å²) < 4.78 is 0. The lowest BCUT2D eigenvalue weighted by Crippen LogP contribution is -2.30. The van der Waals surface area contributed by atoms with Gasteiger partial charge in [-0.15, -0.1) is 0 Å². The third kappa shape index (κ3) is 3.45. The molecule has 0 radical (unpaired) electrons. The fourth-order valence-corrected chi connectivity index (χ4v) is 0.706. The highest BCUT2D eigenvalue weighted by Gasteiger charge is 2.13. The van der Waals surface area contributed by atoms with Gasteiger partial charge in [-0.1, -0.05) is 20.3 Å². The minimum absolute atomic E-state index is 0.0784. The molecule has 1 unspecified atom stereocenters. The zero-order chi connectivity index (χ0) is 8.15. The summed E-state index contributed by atoms with van der Waals surface area (Å²) in [5, 5.41) is 8.35. The normalized spacial score (nSPS) is 16.3. The molecule has 2 atom stereocenters. The van der Waals surface area contributed by atoms with E-state index in [-0.39, 0.29) is 12.5 Å². The van der Waals surface area contributed by atoms with E-state index >= 15 is 0 Å². The Balaban J connectivity index is 3.61. The Bertz CT molecular complexity index is 114. The first kappa shape index (κ1) is 9.43. The predicted molar refractivity (Wildman–Crippen MR) is 39.7 cm³/mol. The maximum Gasteiger partial charge on any atom is 0.304 e. The second kappa shape index (κ2) is 4.28. The Morgan fingerprint density at radius 1 is 1.70 bits per heavy atom. The largest absolute Gasteiger partial charge is 0.481 e. The summed E-state index contributed by atoms with van der Waals surface area (Å²) >= 11 is 0. The Morgan fingerprint density at radius 2 is 2.20 bits per heavy atom. The molecule has 0 bridgehead atoms. The van der Waals surface area contributed by atoms with E-state index < -0.39 is 5.97 Å². The van der Waals surface area contributed by atoms with Gasteiger partial charge in [0.25, 0.3) is 0 Å². The van der Waals surface area contributed by atoms with Crippen LogP contribution in [0.1, 0.15) is 26.7 Å². The molecule has 0 aromatic heterocycles. The van der Waals surface area contributed by atoms with Gasteiger partial charge < -0.3 is 10.8 Å². The number of carbonyl (C=O) groups is 1. The third-order valence-corrected chi connectivity index (χ3v) is 1.79. The standard InChI is InChI=1S/C7H15NO2/c1-3-5(2)6(8)4-7(9)10/h5-6H,3-4,8H2,1-2H3,(H,9,10)/t5?,6-/m1/s1. The second-order valence-corrected chi connectivity index (χ2v) is 2.65. The predicted octanol–water partition coefficient (Wildman–Crippen LogP) is 0.835. The topological polar surface area (TPSA) is 63.3 Å². The fraction of sp³-hybridized carbons (Fsp3) is 0.857. The van der Waals surface area contributed by atoms with Gasteiger partial charge in [0.2, 0.25) is 0 Å². The molecule has 10 heavy (non-hydrogen) atoms. The van der Waals surface area contributed by atoms with E-state index in [0.717, 1.165) is 6.42 Å². The van der Waals surface area contributed by atoms with Crippen molar-refractivity contribution in [3.63, 3.8) is 0 Å². The van der Waals surface area contributed by atoms with E-state index in [1.165, 1.54) is 0 Å². The zero-order valence-electron chi connectivity index (χ0n) is 6.50. The molecule has 3 nitrogen and oxygen atoms in total. The van der Waals surface area contributed by atoms with Gasteiger partial charge in [0, 0.05) is 6.04 Å². The van der Waals surface area contributed by atoms with Gasteiger partial charge in [0.1, 0.15) is 0 Å². The van der Waals surface area contributed by atoms with Crippen molar-refractivity contribution in [1.82, 2.24) is 0 Å². The van der Waals surface area contributed by atoms with Crippen LogP contribution >= 0.6 is 0 Å². The quantitative estimate of drug-likeness (QED) is 0.616. The van der Waals surface area contributed by atoms with E-state index in [2.05, 4.69) is 0 Å². The minimum Gasteiger partial charge on any atom is -0.481 e. The van der Waals surface area contributed by atoms with Crippen LogP contribution in [0, 0.1) is 5.92 Å². The molecular weight excluding hydrogens is 130 g/mol. The molecule has 0 aliphatic carbocycles. The van der Waals surface area contributed by atoms with Gasteiger partial charge in [0.05, 0.1) is 6.42 Å². The molecule has 0 amide bonds. The van der Waals surface area contributed by atoms with E-state index in [1.807, 2.05) is 13.8 Å². The zero-order valence-corrected chi connectivity index (χ0v) is 6.50. The van der Waals surface area contributed by atoms with Crippen molar-refractivity contribution in [2.75, 3.05) is 0 Å². The number of aliphatic carboxylic acids is 1. The van der Waals surface area contributed by atoms with E-state index in [0.29, 0.717) is 5.92 Å². The average molecular weight is 145 g/mol. The SMILES string of the molecule is CCC(C)[C@H](N)CC(=O)O. The summed E-state index contributed by atoms with van der Waals surface area (Å²) in [6.07, 6.45) is 1.02. The number of carboxylic acid groups (broad SMARTS) is 1. The Morgan fingerprint density at radius 3 is 2.50 bits per heavy atom. The van der Waals surface area contributed by atoms with Crippen molar-refractivity contribution in [2.45, 2.75) is 32.7 Å². The van der Waals surface area contributed by atoms with Crippen molar-refractivity contribution < 1.29 is 9.90 Å². The Labute approximate surface area is 61.2 Å². The van der Waals surface area contributed by atoms with Crippen LogP contribution in [0.15, 0.2) is 0 Å². The summed E-state index contributed by atoms with van der Waals surface area (Å²) in [5.74, 6) is -0.510. The van der Waals surface area contributed by atoms with E-state index in [4.69, 9.17) is 10.8 Å². The lowest BCUT2D eigenvalue weighted by molar-refractivity contribution is -0.137. The van der Waals surface area contributed by atoms with Crippen LogP contribution in [0.3, 0.4) is 0 Å². The summed E-state index contributed by atoms with van der Waals surface area (Å²) in [6, 6.07) is -0.192. The van der Waals surface area contributed by atoms with Crippen molar-refractivity contribution in [1.29, 1.82) is 0 Å². The highest BCUT2D eigenvalue weighted by Crippen LogP contribution is 2.07. The van der Waals surface area contributed by atoms with Gasteiger partial charge in [-0.25, -0.2) is 0 Å². The maximum atomic E-state index is 10.2. The van der Waals surface area contributed by atoms with Crippen LogP contribution in [0.4, 0.5) is 0 Å². The molecule has 0 spiro atoms. The lowest BCUT2D eigenvalue weighted by atomic mass is 9.98. The van der Waals surface area contributed by atoms with Crippen LogP contribution in [0.25, 0.3) is 0 Å². The van der Waals surface area contributed by atoms with Crippen LogP contribution < -0.4 is 5.73 Å². The van der Waals surface area contributed by atoms with Crippen molar-refractivity contribution in [3.05, 3.63) is 0 Å². The first-order valence-electron chi connectivity index (χ1n) is 3.55. The van der Waals surface area contributed by atoms with E-state index in [9.17, 15) is 4.79 Å². The average Bonchev–Trinajstić information content (AvgIpc) is 1.85. The molecule has 3 heteroatoms. The number of nitrogens with two attached hydrogens (primary N) is 1. The fourth-order valence-electron chi connectivity index (χ4n) is 0.706. The summed E-state index contributed by atoms with van der Waals surface area (Å²) in [7, 11) is 0. The third-order valence-electron chi connectivity index (χ3n) is 1.79. The van der Waals surface area contributed by atoms with Crippen LogP contribution in [0.2, 0.25) is 0 Å². The van der Waals surface area contributed by atoms with Gasteiger partial charge in [0.15, 0.2) is 0 Å². The number of hydrogen-bond donors (Lipinski definition) is 2. The molecule has 0 rings (SSSR count). The van der Waals surface area contributed by atoms with Crippen molar-refractivity contribution in [2.24, 2.45) is 11.7 Å². The van der Waals surface area contributed by atoms with Gasteiger partial charge in [-0.3, -0.25) is 4.79 Å². The van der Waals surface area contributed by atoms with Crippen LogP contribution in [-0.4, -0.2) is 17.1 Å². The number of hydrogen-bond acceptors (Lipinski definition) is 2. The molecule has 0 saturated carbocycles.